The van der Waals surface area contributed by atoms with Crippen LogP contribution in [0.2, 0.25) is 0 Å². The molecule has 21 heavy (non-hydrogen) atoms. The molecule has 1 aromatic rings. The second kappa shape index (κ2) is 6.76. The maximum Gasteiger partial charge on any atom is 0.367 e. The second-order valence-corrected chi connectivity index (χ2v) is 5.16. The first-order valence-electron chi connectivity index (χ1n) is 6.64. The number of ether oxygens (including phenoxy) is 2. The van der Waals surface area contributed by atoms with Crippen LogP contribution in [0.3, 0.4) is 0 Å². The van der Waals surface area contributed by atoms with Crippen molar-refractivity contribution >= 4 is 33.7 Å². The van der Waals surface area contributed by atoms with Crippen molar-refractivity contribution in [3.05, 3.63) is 27.7 Å². The van der Waals surface area contributed by atoms with Crippen molar-refractivity contribution in [3.8, 4) is 11.5 Å². The molecule has 0 fully saturated rings. The van der Waals surface area contributed by atoms with Crippen LogP contribution in [0.1, 0.15) is 26.3 Å². The Bertz CT molecular complexity index is 622. The Hall–Kier alpha value is -1.82. The van der Waals surface area contributed by atoms with Crippen molar-refractivity contribution in [2.45, 2.75) is 20.8 Å². The van der Waals surface area contributed by atoms with Crippen molar-refractivity contribution in [2.75, 3.05) is 13.2 Å². The summed E-state index contributed by atoms with van der Waals surface area (Å²) in [4.78, 5) is 16.2. The third kappa shape index (κ3) is 3.44. The molecule has 1 aliphatic heterocycles. The van der Waals surface area contributed by atoms with E-state index in [4.69, 9.17) is 9.47 Å². The molecule has 112 valence electrons. The molecule has 0 amide bonds. The average Bonchev–Trinajstić information content (AvgIpc) is 2.75. The number of carbonyl (C=O) groups excluding carboxylic acids is 1. The van der Waals surface area contributed by atoms with Crippen LogP contribution in [0.25, 0.3) is 6.08 Å². The maximum atomic E-state index is 11.6. The van der Waals surface area contributed by atoms with Crippen molar-refractivity contribution in [3.63, 3.8) is 0 Å². The lowest BCUT2D eigenvalue weighted by atomic mass is 10.1. The average molecular weight is 354 g/mol. The highest BCUT2D eigenvalue weighted by Gasteiger charge is 2.22. The molecule has 0 aromatic heterocycles. The summed E-state index contributed by atoms with van der Waals surface area (Å²) in [5, 5.41) is 3.65. The van der Waals surface area contributed by atoms with Gasteiger partial charge in [0.05, 0.1) is 29.0 Å². The summed E-state index contributed by atoms with van der Waals surface area (Å²) in [6, 6.07) is 3.69. The fourth-order valence-electron chi connectivity index (χ4n) is 1.90. The van der Waals surface area contributed by atoms with Crippen molar-refractivity contribution in [2.24, 2.45) is 5.16 Å². The fraction of sp³-hybridized carbons (Fsp3) is 0.333. The molecular formula is C15H16BrNO4. The zero-order valence-corrected chi connectivity index (χ0v) is 13.7. The van der Waals surface area contributed by atoms with Crippen molar-refractivity contribution < 1.29 is 19.1 Å². The Balaban J connectivity index is 2.44. The highest BCUT2D eigenvalue weighted by Crippen LogP contribution is 2.37. The number of hydrogen-bond acceptors (Lipinski definition) is 5. The predicted molar refractivity (Wildman–Crippen MR) is 83.7 cm³/mol. The third-order valence-corrected chi connectivity index (χ3v) is 3.40. The molecule has 0 saturated carbocycles. The number of nitrogens with zero attached hydrogens (tertiary/aromatic N) is 1. The van der Waals surface area contributed by atoms with Gasteiger partial charge in [-0.3, -0.25) is 0 Å². The van der Waals surface area contributed by atoms with Crippen molar-refractivity contribution in [1.82, 2.24) is 0 Å². The van der Waals surface area contributed by atoms with Crippen LogP contribution < -0.4 is 9.47 Å². The Labute approximate surface area is 131 Å². The SMILES string of the molecule is CCOc1cc(/C=C2/C(=O)ON=C2C)cc(Br)c1OCC. The molecule has 2 rings (SSSR count). The highest BCUT2D eigenvalue weighted by atomic mass is 79.9. The summed E-state index contributed by atoms with van der Waals surface area (Å²) in [5.74, 6) is 0.831. The minimum absolute atomic E-state index is 0.438. The number of rotatable bonds is 5. The Morgan fingerprint density at radius 3 is 2.57 bits per heavy atom. The van der Waals surface area contributed by atoms with Crippen molar-refractivity contribution in [1.29, 1.82) is 0 Å². The first kappa shape index (κ1) is 15.6. The zero-order valence-electron chi connectivity index (χ0n) is 12.1. The Morgan fingerprint density at radius 1 is 1.29 bits per heavy atom. The predicted octanol–water partition coefficient (Wildman–Crippen LogP) is 3.56. The number of carbonyl (C=O) groups is 1. The van der Waals surface area contributed by atoms with Crippen LogP contribution >= 0.6 is 15.9 Å². The van der Waals surface area contributed by atoms with Crippen LogP contribution in [-0.4, -0.2) is 24.9 Å². The molecule has 0 bridgehead atoms. The van der Waals surface area contributed by atoms with Crippen LogP contribution in [0.5, 0.6) is 11.5 Å². The lowest BCUT2D eigenvalue weighted by molar-refractivity contribution is -0.136. The van der Waals surface area contributed by atoms with Gasteiger partial charge in [0.25, 0.3) is 0 Å². The molecular weight excluding hydrogens is 338 g/mol. The van der Waals surface area contributed by atoms with E-state index in [-0.39, 0.29) is 0 Å². The molecule has 0 unspecified atom stereocenters. The van der Waals surface area contributed by atoms with E-state index in [2.05, 4.69) is 25.9 Å². The molecule has 0 saturated heterocycles. The minimum atomic E-state index is -0.449. The lowest BCUT2D eigenvalue weighted by Crippen LogP contribution is -2.03. The van der Waals surface area contributed by atoms with Gasteiger partial charge in [-0.15, -0.1) is 0 Å². The minimum Gasteiger partial charge on any atom is -0.490 e. The van der Waals surface area contributed by atoms with Gasteiger partial charge >= 0.3 is 5.97 Å². The van der Waals surface area contributed by atoms with E-state index < -0.39 is 5.97 Å². The zero-order chi connectivity index (χ0) is 15.4. The molecule has 0 atom stereocenters. The second-order valence-electron chi connectivity index (χ2n) is 4.31. The van der Waals surface area contributed by atoms with Gasteiger partial charge in [-0.1, -0.05) is 5.16 Å². The summed E-state index contributed by atoms with van der Waals surface area (Å²) in [7, 11) is 0. The third-order valence-electron chi connectivity index (χ3n) is 2.81. The fourth-order valence-corrected chi connectivity index (χ4v) is 2.48. The number of hydrogen-bond donors (Lipinski definition) is 0. The van der Waals surface area contributed by atoms with E-state index in [1.807, 2.05) is 26.0 Å². The first-order valence-corrected chi connectivity index (χ1v) is 7.43. The van der Waals surface area contributed by atoms with Crippen LogP contribution in [0, 0.1) is 0 Å². The molecule has 1 aliphatic rings. The van der Waals surface area contributed by atoms with Gasteiger partial charge in [0.15, 0.2) is 11.5 Å². The smallest absolute Gasteiger partial charge is 0.367 e. The number of halogens is 1. The summed E-state index contributed by atoms with van der Waals surface area (Å²) in [5.41, 5.74) is 1.80. The standard InChI is InChI=1S/C15H16BrNO4/c1-4-19-13-8-10(7-12(16)14(13)20-5-2)6-11-9(3)17-21-15(11)18/h6-8H,4-5H2,1-3H3/b11-6+. The quantitative estimate of drug-likeness (QED) is 0.599. The van der Waals surface area contributed by atoms with E-state index in [1.165, 1.54) is 0 Å². The van der Waals surface area contributed by atoms with Gasteiger partial charge in [-0.05, 0) is 60.5 Å². The van der Waals surface area contributed by atoms with Gasteiger partial charge in [0.2, 0.25) is 0 Å². The molecule has 5 nitrogen and oxygen atoms in total. The van der Waals surface area contributed by atoms with Crippen LogP contribution in [0.15, 0.2) is 27.3 Å². The molecule has 1 heterocycles. The van der Waals surface area contributed by atoms with Gasteiger partial charge in [-0.25, -0.2) is 4.79 Å². The molecule has 0 spiro atoms. The monoisotopic (exact) mass is 353 g/mol. The largest absolute Gasteiger partial charge is 0.490 e. The Kier molecular flexibility index (Phi) is 5.01. The van der Waals surface area contributed by atoms with Gasteiger partial charge < -0.3 is 14.3 Å². The number of benzene rings is 1. The molecule has 0 aliphatic carbocycles. The van der Waals surface area contributed by atoms with E-state index in [1.54, 1.807) is 13.0 Å². The first-order chi connectivity index (χ1) is 10.1. The van der Waals surface area contributed by atoms with E-state index >= 15 is 0 Å². The highest BCUT2D eigenvalue weighted by molar-refractivity contribution is 9.10. The topological polar surface area (TPSA) is 57.1 Å². The molecule has 6 heteroatoms. The summed E-state index contributed by atoms with van der Waals surface area (Å²) < 4.78 is 11.9. The Morgan fingerprint density at radius 2 is 2.00 bits per heavy atom. The van der Waals surface area contributed by atoms with Crippen LogP contribution in [0.4, 0.5) is 0 Å². The molecule has 1 aromatic carbocycles. The molecule has 0 radical (unpaired) electrons. The van der Waals surface area contributed by atoms with Gasteiger partial charge in [-0.2, -0.15) is 0 Å². The summed E-state index contributed by atoms with van der Waals surface area (Å²) >= 11 is 3.47. The van der Waals surface area contributed by atoms with Crippen LogP contribution in [-0.2, 0) is 9.63 Å². The molecule has 0 N–H and O–H groups in total. The van der Waals surface area contributed by atoms with Gasteiger partial charge in [0, 0.05) is 0 Å². The summed E-state index contributed by atoms with van der Waals surface area (Å²) in [6.45, 7) is 6.60. The lowest BCUT2D eigenvalue weighted by Gasteiger charge is -2.13. The maximum absolute atomic E-state index is 11.6. The normalized spacial score (nSPS) is 15.9. The van der Waals surface area contributed by atoms with E-state index in [9.17, 15) is 4.79 Å². The number of oxime groups is 1. The van der Waals surface area contributed by atoms with Gasteiger partial charge in [0.1, 0.15) is 0 Å². The van der Waals surface area contributed by atoms with E-state index in [0.29, 0.717) is 36.0 Å². The van der Waals surface area contributed by atoms with E-state index in [0.717, 1.165) is 10.0 Å². The summed E-state index contributed by atoms with van der Waals surface area (Å²) in [6.07, 6.45) is 1.72.